The van der Waals surface area contributed by atoms with Gasteiger partial charge in [-0.05, 0) is 19.1 Å². The summed E-state index contributed by atoms with van der Waals surface area (Å²) in [4.78, 5) is 11.2. The molecule has 0 aliphatic carbocycles. The fraction of sp³-hybridized carbons (Fsp3) is 0.222. The van der Waals surface area contributed by atoms with Crippen LogP contribution in [0, 0.1) is 0 Å². The second kappa shape index (κ2) is 2.65. The van der Waals surface area contributed by atoms with Crippen molar-refractivity contribution in [3.05, 3.63) is 18.2 Å². The molecule has 0 aromatic heterocycles. The largest absolute Gasteiger partial charge is 0.477 e. The number of anilines is 2. The first kappa shape index (κ1) is 7.91. The van der Waals surface area contributed by atoms with E-state index in [4.69, 9.17) is 10.5 Å². The van der Waals surface area contributed by atoms with E-state index in [1.165, 1.54) is 0 Å². The van der Waals surface area contributed by atoms with Crippen LogP contribution < -0.4 is 15.8 Å². The third kappa shape index (κ3) is 1.20. The van der Waals surface area contributed by atoms with Crippen LogP contribution >= 0.6 is 0 Å². The number of para-hydroxylation sites is 1. The molecule has 68 valence electrons. The molecule has 0 fully saturated rings. The molecule has 0 saturated heterocycles. The Morgan fingerprint density at radius 1 is 1.54 bits per heavy atom. The first-order chi connectivity index (χ1) is 6.18. The molecule has 1 aliphatic rings. The maximum Gasteiger partial charge on any atom is 0.265 e. The van der Waals surface area contributed by atoms with Gasteiger partial charge in [-0.3, -0.25) is 4.79 Å². The number of hydrogen-bond donors (Lipinski definition) is 2. The van der Waals surface area contributed by atoms with Gasteiger partial charge >= 0.3 is 0 Å². The van der Waals surface area contributed by atoms with Crippen LogP contribution in [0.5, 0.6) is 5.75 Å². The molecule has 2 rings (SSSR count). The summed E-state index contributed by atoms with van der Waals surface area (Å²) in [6.07, 6.45) is -0.475. The number of nitrogens with two attached hydrogens (primary N) is 1. The summed E-state index contributed by atoms with van der Waals surface area (Å²) in [6.45, 7) is 1.69. The van der Waals surface area contributed by atoms with Crippen LogP contribution in [0.3, 0.4) is 0 Å². The van der Waals surface area contributed by atoms with E-state index >= 15 is 0 Å². The Hall–Kier alpha value is -1.71. The first-order valence-electron chi connectivity index (χ1n) is 4.04. The van der Waals surface area contributed by atoms with E-state index in [0.717, 1.165) is 0 Å². The van der Waals surface area contributed by atoms with Crippen molar-refractivity contribution in [1.82, 2.24) is 0 Å². The van der Waals surface area contributed by atoms with Crippen LogP contribution in [0.1, 0.15) is 6.92 Å². The molecule has 1 heterocycles. The molecule has 1 amide bonds. The van der Waals surface area contributed by atoms with Gasteiger partial charge in [0, 0.05) is 0 Å². The lowest BCUT2D eigenvalue weighted by molar-refractivity contribution is -0.122. The number of nitrogen functional groups attached to an aromatic ring is 1. The maximum absolute atomic E-state index is 11.2. The van der Waals surface area contributed by atoms with Crippen LogP contribution in [0.2, 0.25) is 0 Å². The lowest BCUT2D eigenvalue weighted by Crippen LogP contribution is -2.34. The molecule has 13 heavy (non-hydrogen) atoms. The van der Waals surface area contributed by atoms with Crippen molar-refractivity contribution in [2.24, 2.45) is 0 Å². The number of fused-ring (bicyclic) bond motifs is 1. The third-order valence-corrected chi connectivity index (χ3v) is 1.97. The van der Waals surface area contributed by atoms with E-state index in [0.29, 0.717) is 17.1 Å². The summed E-state index contributed by atoms with van der Waals surface area (Å²) in [5.74, 6) is 0.424. The van der Waals surface area contributed by atoms with Crippen LogP contribution in [-0.2, 0) is 4.79 Å². The summed E-state index contributed by atoms with van der Waals surface area (Å²) in [5.41, 5.74) is 6.86. The molecule has 1 aliphatic heterocycles. The lowest BCUT2D eigenvalue weighted by atomic mass is 10.2. The van der Waals surface area contributed by atoms with Gasteiger partial charge in [0.1, 0.15) is 0 Å². The van der Waals surface area contributed by atoms with E-state index in [9.17, 15) is 4.79 Å². The molecule has 0 spiro atoms. The highest BCUT2D eigenvalue weighted by atomic mass is 16.5. The summed E-state index contributed by atoms with van der Waals surface area (Å²) in [7, 11) is 0. The molecule has 0 radical (unpaired) electrons. The molecule has 4 heteroatoms. The van der Waals surface area contributed by atoms with E-state index in [1.54, 1.807) is 25.1 Å². The minimum Gasteiger partial charge on any atom is -0.477 e. The van der Waals surface area contributed by atoms with Gasteiger partial charge in [-0.15, -0.1) is 0 Å². The number of hydrogen-bond acceptors (Lipinski definition) is 3. The van der Waals surface area contributed by atoms with Crippen LogP contribution in [0.4, 0.5) is 11.4 Å². The van der Waals surface area contributed by atoms with Crippen molar-refractivity contribution in [2.45, 2.75) is 13.0 Å². The predicted octanol–water partition coefficient (Wildman–Crippen LogP) is 0.988. The van der Waals surface area contributed by atoms with Crippen molar-refractivity contribution in [3.8, 4) is 5.75 Å². The van der Waals surface area contributed by atoms with Gasteiger partial charge in [0.2, 0.25) is 0 Å². The van der Waals surface area contributed by atoms with Gasteiger partial charge in [-0.2, -0.15) is 0 Å². The Kier molecular flexibility index (Phi) is 1.62. The minimum atomic E-state index is -0.475. The Morgan fingerprint density at radius 3 is 3.08 bits per heavy atom. The summed E-state index contributed by atoms with van der Waals surface area (Å²) >= 11 is 0. The third-order valence-electron chi connectivity index (χ3n) is 1.97. The average molecular weight is 178 g/mol. The van der Waals surface area contributed by atoms with E-state index in [2.05, 4.69) is 5.32 Å². The summed E-state index contributed by atoms with van der Waals surface area (Å²) < 4.78 is 5.34. The number of benzene rings is 1. The van der Waals surface area contributed by atoms with E-state index in [-0.39, 0.29) is 5.91 Å². The fourth-order valence-electron chi connectivity index (χ4n) is 1.25. The number of carbonyl (C=O) groups excluding carboxylic acids is 1. The zero-order valence-electron chi connectivity index (χ0n) is 7.20. The van der Waals surface area contributed by atoms with Crippen molar-refractivity contribution in [2.75, 3.05) is 11.1 Å². The average Bonchev–Trinajstić information content (AvgIpc) is 2.09. The smallest absolute Gasteiger partial charge is 0.265 e. The highest BCUT2D eigenvalue weighted by molar-refractivity contribution is 5.98. The minimum absolute atomic E-state index is 0.141. The Morgan fingerprint density at radius 2 is 2.31 bits per heavy atom. The second-order valence-electron chi connectivity index (χ2n) is 2.97. The molecule has 0 bridgehead atoms. The van der Waals surface area contributed by atoms with E-state index < -0.39 is 6.10 Å². The van der Waals surface area contributed by atoms with E-state index in [1.807, 2.05) is 0 Å². The van der Waals surface area contributed by atoms with Gasteiger partial charge in [0.15, 0.2) is 11.9 Å². The van der Waals surface area contributed by atoms with Crippen molar-refractivity contribution < 1.29 is 9.53 Å². The number of ether oxygens (including phenoxy) is 1. The zero-order valence-corrected chi connectivity index (χ0v) is 7.20. The second-order valence-corrected chi connectivity index (χ2v) is 2.97. The SMILES string of the molecule is CC1Oc2c(N)cccc2NC1=O. The molecule has 1 aromatic carbocycles. The number of carbonyl (C=O) groups is 1. The molecular weight excluding hydrogens is 168 g/mol. The molecule has 3 N–H and O–H groups in total. The first-order valence-corrected chi connectivity index (χ1v) is 4.04. The Bertz CT molecular complexity index is 363. The highest BCUT2D eigenvalue weighted by Gasteiger charge is 2.24. The summed E-state index contributed by atoms with van der Waals surface area (Å²) in [5, 5.41) is 2.71. The Balaban J connectivity index is 2.48. The standard InChI is InChI=1S/C9H10N2O2/c1-5-9(12)11-7-4-2-3-6(10)8(7)13-5/h2-5H,10H2,1H3,(H,11,12). The number of rotatable bonds is 0. The van der Waals surface area contributed by atoms with Gasteiger partial charge < -0.3 is 15.8 Å². The zero-order chi connectivity index (χ0) is 9.42. The van der Waals surface area contributed by atoms with Gasteiger partial charge in [-0.1, -0.05) is 6.07 Å². The predicted molar refractivity (Wildman–Crippen MR) is 49.6 cm³/mol. The van der Waals surface area contributed by atoms with Crippen molar-refractivity contribution in [3.63, 3.8) is 0 Å². The normalized spacial score (nSPS) is 20.1. The highest BCUT2D eigenvalue weighted by Crippen LogP contribution is 2.34. The molecule has 1 atom stereocenters. The maximum atomic E-state index is 11.2. The molecule has 0 saturated carbocycles. The molecule has 1 unspecified atom stereocenters. The molecular formula is C9H10N2O2. The molecule has 4 nitrogen and oxygen atoms in total. The quantitative estimate of drug-likeness (QED) is 0.582. The van der Waals surface area contributed by atoms with Crippen molar-refractivity contribution in [1.29, 1.82) is 0 Å². The van der Waals surface area contributed by atoms with Crippen molar-refractivity contribution >= 4 is 17.3 Å². The fourth-order valence-corrected chi connectivity index (χ4v) is 1.25. The number of amides is 1. The molecule has 1 aromatic rings. The monoisotopic (exact) mass is 178 g/mol. The lowest BCUT2D eigenvalue weighted by Gasteiger charge is -2.24. The van der Waals surface area contributed by atoms with Gasteiger partial charge in [0.05, 0.1) is 11.4 Å². The summed E-state index contributed by atoms with van der Waals surface area (Å²) in [6, 6.07) is 5.27. The van der Waals surface area contributed by atoms with Crippen LogP contribution in [0.25, 0.3) is 0 Å². The van der Waals surface area contributed by atoms with Crippen LogP contribution in [-0.4, -0.2) is 12.0 Å². The Labute approximate surface area is 75.7 Å². The van der Waals surface area contributed by atoms with Gasteiger partial charge in [0.25, 0.3) is 5.91 Å². The topological polar surface area (TPSA) is 64.3 Å². The van der Waals surface area contributed by atoms with Gasteiger partial charge in [-0.25, -0.2) is 0 Å². The number of nitrogens with one attached hydrogen (secondary N) is 1. The van der Waals surface area contributed by atoms with Crippen LogP contribution in [0.15, 0.2) is 18.2 Å².